The Kier molecular flexibility index (Phi) is 6.68. The fraction of sp³-hybridized carbons (Fsp3) is 0.357. The number of hydrogen-bond donors (Lipinski definition) is 1. The molecule has 0 spiro atoms. The lowest BCUT2D eigenvalue weighted by Gasteiger charge is -2.06. The second-order valence-electron chi connectivity index (χ2n) is 4.94. The van der Waals surface area contributed by atoms with E-state index in [1.165, 1.54) is 11.8 Å². The van der Waals surface area contributed by atoms with Gasteiger partial charge in [-0.1, -0.05) is 36.8 Å². The van der Waals surface area contributed by atoms with E-state index in [4.69, 9.17) is 11.6 Å². The van der Waals surface area contributed by atoms with Crippen molar-refractivity contribution in [2.24, 2.45) is 5.92 Å². The fourth-order valence-electron chi connectivity index (χ4n) is 1.81. The zero-order chi connectivity index (χ0) is 14.0. The summed E-state index contributed by atoms with van der Waals surface area (Å²) in [6.45, 7) is 7.40. The summed E-state index contributed by atoms with van der Waals surface area (Å²) < 4.78 is 15.4. The molecule has 0 amide bonds. The van der Waals surface area contributed by atoms with E-state index in [2.05, 4.69) is 36.0 Å². The maximum atomic E-state index is 13.1. The van der Waals surface area contributed by atoms with Crippen LogP contribution in [0.1, 0.15) is 19.5 Å². The second-order valence-corrected chi connectivity index (χ2v) is 6.21. The highest BCUT2D eigenvalue weighted by molar-refractivity contribution is 7.13. The minimum Gasteiger partial charge on any atom is -1.00 e. The maximum absolute atomic E-state index is 13.1. The van der Waals surface area contributed by atoms with E-state index >= 15 is 0 Å². The van der Waals surface area contributed by atoms with Crippen molar-refractivity contribution >= 4 is 33.8 Å². The van der Waals surface area contributed by atoms with Gasteiger partial charge in [0.15, 0.2) is 0 Å². The van der Waals surface area contributed by atoms with E-state index in [1.54, 1.807) is 23.5 Å². The Morgan fingerprint density at radius 2 is 2.10 bits per heavy atom. The van der Waals surface area contributed by atoms with E-state index in [9.17, 15) is 4.39 Å². The summed E-state index contributed by atoms with van der Waals surface area (Å²) in [5.41, 5.74) is 2.01. The van der Waals surface area contributed by atoms with Crippen molar-refractivity contribution in [3.8, 4) is 0 Å². The smallest absolute Gasteiger partial charge is 0.339 e. The number of benzene rings is 1. The highest BCUT2D eigenvalue weighted by Gasteiger charge is 2.17. The number of aromatic nitrogens is 1. The van der Waals surface area contributed by atoms with E-state index in [0.29, 0.717) is 5.92 Å². The van der Waals surface area contributed by atoms with Crippen LogP contribution in [0.15, 0.2) is 23.6 Å². The van der Waals surface area contributed by atoms with Crippen molar-refractivity contribution < 1.29 is 32.9 Å². The summed E-state index contributed by atoms with van der Waals surface area (Å²) in [5, 5.41) is 6.57. The van der Waals surface area contributed by atoms with Gasteiger partial charge >= 0.3 is 5.13 Å². The van der Waals surface area contributed by atoms with Gasteiger partial charge in [0.2, 0.25) is 0 Å². The van der Waals surface area contributed by atoms with Gasteiger partial charge in [0.05, 0.1) is 11.6 Å². The number of rotatable bonds is 4. The van der Waals surface area contributed by atoms with Crippen LogP contribution < -0.4 is 33.9 Å². The molecule has 20 heavy (non-hydrogen) atoms. The zero-order valence-corrected chi connectivity index (χ0v) is 15.3. The first-order chi connectivity index (χ1) is 8.97. The molecule has 0 aliphatic carbocycles. The fourth-order valence-corrected chi connectivity index (χ4v) is 2.93. The molecule has 1 aromatic carbocycles. The van der Waals surface area contributed by atoms with Gasteiger partial charge in [-0.3, -0.25) is 0 Å². The van der Waals surface area contributed by atoms with Crippen LogP contribution in [0.3, 0.4) is 0 Å². The number of nitrogens with one attached hydrogen (secondary N) is 1. The third-order valence-corrected chi connectivity index (χ3v) is 4.02. The number of anilines is 2. The monoisotopic (exact) mass is 426 g/mol. The standard InChI is InChI=1S/C14H16ClFN2S.HI/c1-9(2)7-18-10(3)8-19-14(18)17-11-4-5-13(16)12(15)6-11;/h4-6,8-9H,7H2,1-3H3;1H. The lowest BCUT2D eigenvalue weighted by molar-refractivity contribution is -0.690. The highest BCUT2D eigenvalue weighted by Crippen LogP contribution is 2.24. The molecule has 0 radical (unpaired) electrons. The Morgan fingerprint density at radius 1 is 1.40 bits per heavy atom. The van der Waals surface area contributed by atoms with E-state index in [1.807, 2.05) is 0 Å². The molecule has 0 unspecified atom stereocenters. The summed E-state index contributed by atoms with van der Waals surface area (Å²) >= 11 is 7.43. The van der Waals surface area contributed by atoms with Crippen molar-refractivity contribution in [3.63, 3.8) is 0 Å². The van der Waals surface area contributed by atoms with Crippen LogP contribution in [0, 0.1) is 18.7 Å². The summed E-state index contributed by atoms with van der Waals surface area (Å²) in [6.07, 6.45) is 0. The van der Waals surface area contributed by atoms with Crippen molar-refractivity contribution in [2.45, 2.75) is 27.3 Å². The van der Waals surface area contributed by atoms with Crippen LogP contribution in [-0.2, 0) is 6.54 Å². The number of halogens is 3. The van der Waals surface area contributed by atoms with Crippen LogP contribution in [0.5, 0.6) is 0 Å². The zero-order valence-electron chi connectivity index (χ0n) is 11.6. The molecule has 0 fully saturated rings. The lowest BCUT2D eigenvalue weighted by atomic mass is 10.2. The van der Waals surface area contributed by atoms with Gasteiger partial charge in [-0.2, -0.15) is 0 Å². The predicted octanol–water partition coefficient (Wildman–Crippen LogP) is 1.54. The molecule has 0 saturated carbocycles. The molecule has 1 N–H and O–H groups in total. The summed E-state index contributed by atoms with van der Waals surface area (Å²) in [4.78, 5) is 0. The average Bonchev–Trinajstić information content (AvgIpc) is 2.66. The summed E-state index contributed by atoms with van der Waals surface area (Å²) in [7, 11) is 0. The molecule has 2 nitrogen and oxygen atoms in total. The van der Waals surface area contributed by atoms with Gasteiger partial charge in [0, 0.05) is 11.4 Å². The van der Waals surface area contributed by atoms with Crippen LogP contribution >= 0.6 is 22.9 Å². The Labute approximate surface area is 145 Å². The third-order valence-electron chi connectivity index (χ3n) is 2.73. The van der Waals surface area contributed by atoms with Crippen LogP contribution in [0.2, 0.25) is 5.02 Å². The molecule has 0 saturated heterocycles. The van der Waals surface area contributed by atoms with Crippen molar-refractivity contribution in [2.75, 3.05) is 5.32 Å². The number of aryl methyl sites for hydroxylation is 1. The summed E-state index contributed by atoms with van der Waals surface area (Å²) in [5.74, 6) is 0.167. The van der Waals surface area contributed by atoms with Gasteiger partial charge in [0.1, 0.15) is 17.2 Å². The minimum atomic E-state index is -0.398. The molecule has 0 aliphatic heterocycles. The molecular weight excluding hydrogens is 410 g/mol. The lowest BCUT2D eigenvalue weighted by Crippen LogP contribution is -3.00. The van der Waals surface area contributed by atoms with E-state index in [0.717, 1.165) is 17.4 Å². The third kappa shape index (κ3) is 4.30. The Morgan fingerprint density at radius 3 is 2.70 bits per heavy atom. The topological polar surface area (TPSA) is 15.9 Å². The first-order valence-corrected chi connectivity index (χ1v) is 7.43. The highest BCUT2D eigenvalue weighted by atomic mass is 127. The SMILES string of the molecule is Cc1csc(Nc2ccc(F)c(Cl)c2)[n+]1CC(C)C.[I-]. The van der Waals surface area contributed by atoms with Gasteiger partial charge in [-0.05, 0) is 25.0 Å². The molecule has 6 heteroatoms. The predicted molar refractivity (Wildman–Crippen MR) is 78.8 cm³/mol. The quantitative estimate of drug-likeness (QED) is 0.579. The molecule has 2 rings (SSSR count). The van der Waals surface area contributed by atoms with Crippen molar-refractivity contribution in [1.82, 2.24) is 0 Å². The number of thiazole rings is 1. The molecule has 1 aromatic heterocycles. The van der Waals surface area contributed by atoms with Gasteiger partial charge < -0.3 is 24.0 Å². The minimum absolute atomic E-state index is 0. The molecular formula is C14H17ClFIN2S. The van der Waals surface area contributed by atoms with Crippen molar-refractivity contribution in [3.05, 3.63) is 40.1 Å². The molecule has 0 bridgehead atoms. The molecule has 0 atom stereocenters. The van der Waals surface area contributed by atoms with Gasteiger partial charge in [0.25, 0.3) is 0 Å². The first-order valence-electron chi connectivity index (χ1n) is 6.17. The molecule has 0 aliphatic rings. The van der Waals surface area contributed by atoms with E-state index < -0.39 is 5.82 Å². The number of nitrogens with zero attached hydrogens (tertiary/aromatic N) is 1. The largest absolute Gasteiger partial charge is 1.00 e. The second kappa shape index (κ2) is 7.56. The maximum Gasteiger partial charge on any atom is 0.339 e. The van der Waals surface area contributed by atoms with E-state index in [-0.39, 0.29) is 29.0 Å². The van der Waals surface area contributed by atoms with Gasteiger partial charge in [-0.15, -0.1) is 0 Å². The van der Waals surface area contributed by atoms with Crippen LogP contribution in [0.4, 0.5) is 15.2 Å². The van der Waals surface area contributed by atoms with Crippen molar-refractivity contribution in [1.29, 1.82) is 0 Å². The Bertz CT molecular complexity index is 587. The normalized spacial score (nSPS) is 10.5. The Hall–Kier alpha value is -0.400. The molecule has 1 heterocycles. The number of hydrogen-bond acceptors (Lipinski definition) is 2. The average molecular weight is 427 g/mol. The Balaban J connectivity index is 0.00000200. The van der Waals surface area contributed by atoms with Crippen LogP contribution in [0.25, 0.3) is 0 Å². The summed E-state index contributed by atoms with van der Waals surface area (Å²) in [6, 6.07) is 4.67. The first kappa shape index (κ1) is 17.7. The van der Waals surface area contributed by atoms with Gasteiger partial charge in [-0.25, -0.2) is 14.3 Å². The molecule has 2 aromatic rings. The van der Waals surface area contributed by atoms with Crippen LogP contribution in [-0.4, -0.2) is 0 Å². The molecule has 110 valence electrons.